The Morgan fingerprint density at radius 1 is 1.50 bits per heavy atom. The Balaban J connectivity index is 3.07. The predicted molar refractivity (Wildman–Crippen MR) is 50.2 cm³/mol. The summed E-state index contributed by atoms with van der Waals surface area (Å²) >= 11 is 2.24. The molecule has 0 saturated carbocycles. The molecule has 1 nitrogen and oxygen atoms in total. The number of rotatable bonds is 1. The van der Waals surface area contributed by atoms with Crippen LogP contribution in [0.25, 0.3) is 0 Å². The molecule has 0 aromatic heterocycles. The number of ether oxygens (including phenoxy) is 1. The molecule has 10 heavy (non-hydrogen) atoms. The van der Waals surface area contributed by atoms with Crippen LogP contribution in [0.4, 0.5) is 0 Å². The number of halogens is 1. The van der Waals surface area contributed by atoms with Gasteiger partial charge in [-0.2, -0.15) is 0 Å². The van der Waals surface area contributed by atoms with Crippen molar-refractivity contribution in [3.05, 3.63) is 34.3 Å². The highest BCUT2D eigenvalue weighted by atomic mass is 127. The molecule has 0 atom stereocenters. The van der Waals surface area contributed by atoms with Crippen LogP contribution in [-0.2, 0) is 0 Å². The van der Waals surface area contributed by atoms with Gasteiger partial charge >= 0.3 is 0 Å². The lowest BCUT2D eigenvalue weighted by Crippen LogP contribution is -1.86. The number of methoxy groups -OCH3 is 1. The van der Waals surface area contributed by atoms with Crippen LogP contribution in [0.3, 0.4) is 0 Å². The van der Waals surface area contributed by atoms with Gasteiger partial charge in [-0.15, -0.1) is 0 Å². The van der Waals surface area contributed by atoms with Gasteiger partial charge in [0, 0.05) is 3.57 Å². The molecule has 1 aromatic carbocycles. The first-order valence-electron chi connectivity index (χ1n) is 2.89. The van der Waals surface area contributed by atoms with Gasteiger partial charge in [-0.3, -0.25) is 0 Å². The standard InChI is InChI=1S/C8H8IO/c1-6-5-7(9)3-4-8(6)10-2/h3-5H,1H2,2H3. The van der Waals surface area contributed by atoms with Crippen molar-refractivity contribution in [3.63, 3.8) is 0 Å². The SMILES string of the molecule is [CH2]c1cc(I)ccc1OC. The van der Waals surface area contributed by atoms with Crippen LogP contribution in [0.5, 0.6) is 5.75 Å². The summed E-state index contributed by atoms with van der Waals surface area (Å²) in [5, 5.41) is 0. The molecular weight excluding hydrogens is 239 g/mol. The average Bonchev–Trinajstić information content (AvgIpc) is 1.88. The first-order chi connectivity index (χ1) is 4.74. The second-order valence-corrected chi connectivity index (χ2v) is 3.20. The van der Waals surface area contributed by atoms with E-state index in [1.807, 2.05) is 18.2 Å². The maximum absolute atomic E-state index is 5.03. The van der Waals surface area contributed by atoms with E-state index in [9.17, 15) is 0 Å². The zero-order chi connectivity index (χ0) is 7.56. The van der Waals surface area contributed by atoms with Crippen LogP contribution in [0.1, 0.15) is 5.56 Å². The molecule has 0 amide bonds. The third-order valence-electron chi connectivity index (χ3n) is 1.24. The average molecular weight is 247 g/mol. The van der Waals surface area contributed by atoms with Crippen molar-refractivity contribution in [2.45, 2.75) is 0 Å². The maximum atomic E-state index is 5.03. The molecule has 0 spiro atoms. The predicted octanol–water partition coefficient (Wildman–Crippen LogP) is 2.48. The normalized spacial score (nSPS) is 9.50. The summed E-state index contributed by atoms with van der Waals surface area (Å²) in [6.45, 7) is 3.82. The van der Waals surface area contributed by atoms with Gasteiger partial charge in [-0.25, -0.2) is 0 Å². The first kappa shape index (κ1) is 7.85. The number of benzene rings is 1. The zero-order valence-corrected chi connectivity index (χ0v) is 7.88. The Morgan fingerprint density at radius 2 is 2.20 bits per heavy atom. The molecule has 0 unspecified atom stereocenters. The van der Waals surface area contributed by atoms with Crippen molar-refractivity contribution in [3.8, 4) is 5.75 Å². The summed E-state index contributed by atoms with van der Waals surface area (Å²) in [5.74, 6) is 0.848. The Hall–Kier alpha value is -0.250. The molecule has 53 valence electrons. The van der Waals surface area contributed by atoms with E-state index in [-0.39, 0.29) is 0 Å². The molecule has 0 aliphatic heterocycles. The van der Waals surface area contributed by atoms with Crippen LogP contribution in [0.15, 0.2) is 18.2 Å². The largest absolute Gasteiger partial charge is 0.496 e. The fraction of sp³-hybridized carbons (Fsp3) is 0.125. The Kier molecular flexibility index (Phi) is 2.54. The van der Waals surface area contributed by atoms with Crippen LogP contribution < -0.4 is 4.74 Å². The molecule has 0 saturated heterocycles. The summed E-state index contributed by atoms with van der Waals surface area (Å²) in [6, 6.07) is 5.90. The van der Waals surface area contributed by atoms with Gasteiger partial charge in [-0.05, 0) is 53.3 Å². The lowest BCUT2D eigenvalue weighted by atomic mass is 10.2. The van der Waals surface area contributed by atoms with Crippen LogP contribution in [-0.4, -0.2) is 7.11 Å². The fourth-order valence-electron chi connectivity index (χ4n) is 0.747. The van der Waals surface area contributed by atoms with E-state index in [0.29, 0.717) is 0 Å². The van der Waals surface area contributed by atoms with Gasteiger partial charge in [0.05, 0.1) is 7.11 Å². The number of hydrogen-bond donors (Lipinski definition) is 0. The topological polar surface area (TPSA) is 9.23 Å². The van der Waals surface area contributed by atoms with Gasteiger partial charge in [0.2, 0.25) is 0 Å². The molecule has 0 aliphatic carbocycles. The summed E-state index contributed by atoms with van der Waals surface area (Å²) < 4.78 is 6.22. The van der Waals surface area contributed by atoms with Gasteiger partial charge in [0.15, 0.2) is 0 Å². The van der Waals surface area contributed by atoms with Crippen LogP contribution in [0, 0.1) is 10.5 Å². The molecule has 0 fully saturated rings. The summed E-state index contributed by atoms with van der Waals surface area (Å²) in [6.07, 6.45) is 0. The van der Waals surface area contributed by atoms with Crippen LogP contribution in [0.2, 0.25) is 0 Å². The minimum Gasteiger partial charge on any atom is -0.496 e. The van der Waals surface area contributed by atoms with E-state index in [1.165, 1.54) is 3.57 Å². The van der Waals surface area contributed by atoms with E-state index in [0.717, 1.165) is 11.3 Å². The molecule has 0 heterocycles. The minimum atomic E-state index is 0.848. The second-order valence-electron chi connectivity index (χ2n) is 1.96. The van der Waals surface area contributed by atoms with Gasteiger partial charge < -0.3 is 4.74 Å². The summed E-state index contributed by atoms with van der Waals surface area (Å²) in [4.78, 5) is 0. The molecule has 1 aromatic rings. The zero-order valence-electron chi connectivity index (χ0n) is 5.73. The van der Waals surface area contributed by atoms with Crippen molar-refractivity contribution in [2.75, 3.05) is 7.11 Å². The molecule has 1 radical (unpaired) electrons. The van der Waals surface area contributed by atoms with E-state index in [2.05, 4.69) is 29.5 Å². The fourth-order valence-corrected chi connectivity index (χ4v) is 1.30. The third-order valence-corrected chi connectivity index (χ3v) is 1.91. The lowest BCUT2D eigenvalue weighted by molar-refractivity contribution is 0.413. The monoisotopic (exact) mass is 247 g/mol. The van der Waals surface area contributed by atoms with E-state index in [1.54, 1.807) is 7.11 Å². The van der Waals surface area contributed by atoms with E-state index in [4.69, 9.17) is 4.74 Å². The van der Waals surface area contributed by atoms with E-state index >= 15 is 0 Å². The second kappa shape index (κ2) is 3.23. The molecular formula is C8H8IO. The van der Waals surface area contributed by atoms with Crippen molar-refractivity contribution in [1.29, 1.82) is 0 Å². The summed E-state index contributed by atoms with van der Waals surface area (Å²) in [5.41, 5.74) is 0.939. The van der Waals surface area contributed by atoms with E-state index < -0.39 is 0 Å². The molecule has 0 aliphatic rings. The Labute approximate surface area is 74.5 Å². The highest BCUT2D eigenvalue weighted by Gasteiger charge is 1.95. The molecule has 2 heteroatoms. The molecule has 0 N–H and O–H groups in total. The van der Waals surface area contributed by atoms with Gasteiger partial charge in [0.25, 0.3) is 0 Å². The summed E-state index contributed by atoms with van der Waals surface area (Å²) in [7, 11) is 1.65. The van der Waals surface area contributed by atoms with Gasteiger partial charge in [0.1, 0.15) is 5.75 Å². The van der Waals surface area contributed by atoms with Crippen molar-refractivity contribution < 1.29 is 4.74 Å². The smallest absolute Gasteiger partial charge is 0.122 e. The molecule has 0 bridgehead atoms. The first-order valence-corrected chi connectivity index (χ1v) is 3.97. The van der Waals surface area contributed by atoms with Crippen molar-refractivity contribution in [2.24, 2.45) is 0 Å². The van der Waals surface area contributed by atoms with Crippen molar-refractivity contribution in [1.82, 2.24) is 0 Å². The highest BCUT2D eigenvalue weighted by molar-refractivity contribution is 14.1. The number of hydrogen-bond acceptors (Lipinski definition) is 1. The maximum Gasteiger partial charge on any atom is 0.122 e. The quantitative estimate of drug-likeness (QED) is 0.692. The minimum absolute atomic E-state index is 0.848. The van der Waals surface area contributed by atoms with Crippen LogP contribution >= 0.6 is 22.6 Å². The lowest BCUT2D eigenvalue weighted by Gasteiger charge is -2.02. The third kappa shape index (κ3) is 1.62. The van der Waals surface area contributed by atoms with Gasteiger partial charge in [-0.1, -0.05) is 0 Å². The Bertz CT molecular complexity index is 233. The van der Waals surface area contributed by atoms with Crippen molar-refractivity contribution >= 4 is 22.6 Å². The Morgan fingerprint density at radius 3 is 2.70 bits per heavy atom. The highest BCUT2D eigenvalue weighted by Crippen LogP contribution is 2.18. The molecule has 1 rings (SSSR count).